The third kappa shape index (κ3) is 5.42. The van der Waals surface area contributed by atoms with Crippen LogP contribution in [0.4, 0.5) is 4.79 Å². The molecule has 0 bridgehead atoms. The van der Waals surface area contributed by atoms with Crippen molar-refractivity contribution >= 4 is 6.09 Å². The van der Waals surface area contributed by atoms with Gasteiger partial charge in [-0.05, 0) is 40.0 Å². The number of carbonyl (C=O) groups is 1. The largest absolute Gasteiger partial charge is 0.444 e. The van der Waals surface area contributed by atoms with Crippen LogP contribution in [0.1, 0.15) is 53.4 Å². The zero-order valence-electron chi connectivity index (χ0n) is 13.2. The quantitative estimate of drug-likeness (QED) is 0.787. The Bertz CT molecular complexity index is 354. The Morgan fingerprint density at radius 2 is 2.25 bits per heavy atom. The van der Waals surface area contributed by atoms with Crippen LogP contribution in [0.2, 0.25) is 0 Å². The second kappa shape index (κ2) is 7.54. The molecule has 1 saturated heterocycles. The van der Waals surface area contributed by atoms with Crippen molar-refractivity contribution in [2.45, 2.75) is 71.1 Å². The van der Waals surface area contributed by atoms with Crippen molar-refractivity contribution in [2.75, 3.05) is 13.1 Å². The Hall–Kier alpha value is -1.21. The van der Waals surface area contributed by atoms with Crippen LogP contribution in [0.3, 0.4) is 0 Å². The van der Waals surface area contributed by atoms with Crippen LogP contribution in [-0.4, -0.2) is 41.8 Å². The van der Waals surface area contributed by atoms with E-state index in [9.17, 15) is 4.79 Å². The van der Waals surface area contributed by atoms with Gasteiger partial charge in [-0.1, -0.05) is 19.3 Å². The summed E-state index contributed by atoms with van der Waals surface area (Å²) in [6.45, 7) is 9.32. The Labute approximate surface area is 123 Å². The molecule has 2 unspecified atom stereocenters. The zero-order valence-corrected chi connectivity index (χ0v) is 13.2. The summed E-state index contributed by atoms with van der Waals surface area (Å²) in [5, 5.41) is 3.37. The van der Waals surface area contributed by atoms with E-state index in [-0.39, 0.29) is 18.2 Å². The molecule has 0 aromatic carbocycles. The smallest absolute Gasteiger partial charge is 0.410 e. The van der Waals surface area contributed by atoms with E-state index >= 15 is 0 Å². The molecule has 1 rings (SSSR count). The standard InChI is InChI=1S/C16H28N2O2/c1-6-9-13(7-2)17-12-14-10-8-11-18(14)15(19)20-16(3,4)5/h2,13-14,17H,6,8-12H2,1,3-5H3. The molecule has 1 amide bonds. The Morgan fingerprint density at radius 1 is 1.55 bits per heavy atom. The lowest BCUT2D eigenvalue weighted by atomic mass is 10.1. The van der Waals surface area contributed by atoms with Gasteiger partial charge in [0.25, 0.3) is 0 Å². The van der Waals surface area contributed by atoms with Crippen LogP contribution in [0.15, 0.2) is 0 Å². The van der Waals surface area contributed by atoms with Crippen molar-refractivity contribution in [3.05, 3.63) is 0 Å². The van der Waals surface area contributed by atoms with E-state index < -0.39 is 5.60 Å². The molecule has 1 N–H and O–H groups in total. The van der Waals surface area contributed by atoms with Gasteiger partial charge in [-0.2, -0.15) is 0 Å². The highest BCUT2D eigenvalue weighted by Gasteiger charge is 2.32. The third-order valence-electron chi connectivity index (χ3n) is 3.38. The van der Waals surface area contributed by atoms with E-state index in [1.807, 2.05) is 25.7 Å². The lowest BCUT2D eigenvalue weighted by Crippen LogP contribution is -2.45. The van der Waals surface area contributed by atoms with Gasteiger partial charge in [-0.3, -0.25) is 0 Å². The Morgan fingerprint density at radius 3 is 2.80 bits per heavy atom. The lowest BCUT2D eigenvalue weighted by molar-refractivity contribution is 0.0225. The molecule has 4 nitrogen and oxygen atoms in total. The first-order chi connectivity index (χ1) is 9.37. The number of likely N-dealkylation sites (tertiary alicyclic amines) is 1. The molecule has 0 spiro atoms. The average Bonchev–Trinajstić information content (AvgIpc) is 2.80. The molecule has 4 heteroatoms. The first kappa shape index (κ1) is 16.8. The number of nitrogens with zero attached hydrogens (tertiary/aromatic N) is 1. The van der Waals surface area contributed by atoms with Crippen LogP contribution < -0.4 is 5.32 Å². The van der Waals surface area contributed by atoms with E-state index in [2.05, 4.69) is 18.2 Å². The number of carbonyl (C=O) groups excluding carboxylic acids is 1. The van der Waals surface area contributed by atoms with Gasteiger partial charge in [0.15, 0.2) is 0 Å². The maximum absolute atomic E-state index is 12.1. The van der Waals surface area contributed by atoms with E-state index in [0.29, 0.717) is 0 Å². The molecule has 1 aliphatic rings. The number of amides is 1. The topological polar surface area (TPSA) is 41.6 Å². The molecule has 0 radical (unpaired) electrons. The highest BCUT2D eigenvalue weighted by Crippen LogP contribution is 2.20. The summed E-state index contributed by atoms with van der Waals surface area (Å²) >= 11 is 0. The first-order valence-corrected chi connectivity index (χ1v) is 7.56. The summed E-state index contributed by atoms with van der Waals surface area (Å²) in [5.41, 5.74) is -0.443. The summed E-state index contributed by atoms with van der Waals surface area (Å²) in [7, 11) is 0. The number of hydrogen-bond acceptors (Lipinski definition) is 3. The van der Waals surface area contributed by atoms with Crippen LogP contribution in [-0.2, 0) is 4.74 Å². The minimum atomic E-state index is -0.443. The van der Waals surface area contributed by atoms with E-state index in [4.69, 9.17) is 11.2 Å². The van der Waals surface area contributed by atoms with Crippen molar-refractivity contribution < 1.29 is 9.53 Å². The summed E-state index contributed by atoms with van der Waals surface area (Å²) in [6, 6.07) is 0.290. The fourth-order valence-electron chi connectivity index (χ4n) is 2.42. The molecule has 0 aromatic heterocycles. The Kier molecular flexibility index (Phi) is 6.35. The molecule has 1 fully saturated rings. The highest BCUT2D eigenvalue weighted by atomic mass is 16.6. The van der Waals surface area contributed by atoms with Gasteiger partial charge < -0.3 is 15.0 Å². The van der Waals surface area contributed by atoms with Crippen molar-refractivity contribution in [3.8, 4) is 12.3 Å². The molecule has 1 aliphatic heterocycles. The van der Waals surface area contributed by atoms with Crippen molar-refractivity contribution in [1.82, 2.24) is 10.2 Å². The zero-order chi connectivity index (χ0) is 15.2. The molecule has 0 aromatic rings. The van der Waals surface area contributed by atoms with Crippen molar-refractivity contribution in [3.63, 3.8) is 0 Å². The number of rotatable bonds is 5. The van der Waals surface area contributed by atoms with Crippen LogP contribution >= 0.6 is 0 Å². The summed E-state index contributed by atoms with van der Waals surface area (Å²) in [6.07, 6.45) is 9.35. The minimum Gasteiger partial charge on any atom is -0.444 e. The van der Waals surface area contributed by atoms with E-state index in [1.54, 1.807) is 0 Å². The second-order valence-electron chi connectivity index (χ2n) is 6.39. The highest BCUT2D eigenvalue weighted by molar-refractivity contribution is 5.69. The second-order valence-corrected chi connectivity index (χ2v) is 6.39. The number of ether oxygens (including phenoxy) is 1. The van der Waals surface area contributed by atoms with Crippen molar-refractivity contribution in [2.24, 2.45) is 0 Å². The third-order valence-corrected chi connectivity index (χ3v) is 3.38. The normalized spacial score (nSPS) is 20.6. The number of nitrogens with one attached hydrogen (secondary N) is 1. The first-order valence-electron chi connectivity index (χ1n) is 7.56. The lowest BCUT2D eigenvalue weighted by Gasteiger charge is -2.29. The van der Waals surface area contributed by atoms with Crippen LogP contribution in [0.25, 0.3) is 0 Å². The number of hydrogen-bond donors (Lipinski definition) is 1. The maximum Gasteiger partial charge on any atom is 0.410 e. The van der Waals surface area contributed by atoms with Gasteiger partial charge in [0.05, 0.1) is 6.04 Å². The van der Waals surface area contributed by atoms with E-state index in [1.165, 1.54) is 0 Å². The summed E-state index contributed by atoms with van der Waals surface area (Å²) < 4.78 is 5.45. The molecular formula is C16H28N2O2. The average molecular weight is 280 g/mol. The van der Waals surface area contributed by atoms with E-state index in [0.717, 1.165) is 38.8 Å². The molecule has 1 heterocycles. The monoisotopic (exact) mass is 280 g/mol. The molecule has 0 aliphatic carbocycles. The van der Waals surface area contributed by atoms with Crippen LogP contribution in [0.5, 0.6) is 0 Å². The SMILES string of the molecule is C#CC(CCC)NCC1CCCN1C(=O)OC(C)(C)C. The van der Waals surface area contributed by atoms with Gasteiger partial charge in [-0.25, -0.2) is 4.79 Å². The molecule has 114 valence electrons. The maximum atomic E-state index is 12.1. The fourth-order valence-corrected chi connectivity index (χ4v) is 2.42. The molecule has 20 heavy (non-hydrogen) atoms. The van der Waals surface area contributed by atoms with Gasteiger partial charge in [0.2, 0.25) is 0 Å². The number of terminal acetylenes is 1. The van der Waals surface area contributed by atoms with Gasteiger partial charge in [0.1, 0.15) is 5.60 Å². The molecule has 0 saturated carbocycles. The minimum absolute atomic E-state index is 0.0982. The Balaban J connectivity index is 2.49. The molecule has 2 atom stereocenters. The predicted octanol–water partition coefficient (Wildman–Crippen LogP) is 2.78. The fraction of sp³-hybridized carbons (Fsp3) is 0.812. The summed E-state index contributed by atoms with van der Waals surface area (Å²) in [5.74, 6) is 2.76. The van der Waals surface area contributed by atoms with Gasteiger partial charge in [0, 0.05) is 19.1 Å². The predicted molar refractivity (Wildman–Crippen MR) is 81.5 cm³/mol. The summed E-state index contributed by atoms with van der Waals surface area (Å²) in [4.78, 5) is 14.0. The molecular weight excluding hydrogens is 252 g/mol. The van der Waals surface area contributed by atoms with Gasteiger partial charge >= 0.3 is 6.09 Å². The van der Waals surface area contributed by atoms with Crippen molar-refractivity contribution in [1.29, 1.82) is 0 Å². The van der Waals surface area contributed by atoms with Crippen LogP contribution in [0, 0.1) is 12.3 Å². The van der Waals surface area contributed by atoms with Gasteiger partial charge in [-0.15, -0.1) is 6.42 Å².